The maximum atomic E-state index is 11.9. The smallest absolute Gasteiger partial charge is 0.252 e. The van der Waals surface area contributed by atoms with Crippen LogP contribution in [0.1, 0.15) is 10.4 Å². The predicted octanol–water partition coefficient (Wildman–Crippen LogP) is 0.571. The fourth-order valence-electron chi connectivity index (χ4n) is 1.59. The van der Waals surface area contributed by atoms with Gasteiger partial charge in [0.05, 0.1) is 31.5 Å². The number of rotatable bonds is 3. The highest BCUT2D eigenvalue weighted by Gasteiger charge is 2.17. The van der Waals surface area contributed by atoms with Crippen molar-refractivity contribution >= 4 is 27.7 Å². The van der Waals surface area contributed by atoms with E-state index in [2.05, 4.69) is 26.2 Å². The van der Waals surface area contributed by atoms with Crippen LogP contribution in [0.3, 0.4) is 0 Å². The van der Waals surface area contributed by atoms with Crippen LogP contribution >= 0.6 is 15.9 Å². The van der Waals surface area contributed by atoms with Gasteiger partial charge in [0.1, 0.15) is 5.82 Å². The Balaban J connectivity index is 1.92. The number of nitrogen functional groups attached to an aromatic ring is 1. The number of anilines is 1. The molecule has 0 aromatic carbocycles. The third kappa shape index (κ3) is 3.41. The third-order valence-electron chi connectivity index (χ3n) is 2.50. The number of nitrogens with one attached hydrogen (secondary N) is 1. The van der Waals surface area contributed by atoms with Crippen LogP contribution < -0.4 is 11.1 Å². The lowest BCUT2D eigenvalue weighted by molar-refractivity contribution is -0.0855. The van der Waals surface area contributed by atoms with Crippen LogP contribution in [0.5, 0.6) is 0 Å². The van der Waals surface area contributed by atoms with Crippen molar-refractivity contribution in [1.82, 2.24) is 10.3 Å². The van der Waals surface area contributed by atoms with Crippen molar-refractivity contribution in [3.8, 4) is 0 Å². The van der Waals surface area contributed by atoms with E-state index in [1.165, 1.54) is 12.3 Å². The Morgan fingerprint density at radius 1 is 1.61 bits per heavy atom. The summed E-state index contributed by atoms with van der Waals surface area (Å²) in [4.78, 5) is 15.8. The normalized spacial score (nSPS) is 19.5. The molecule has 98 valence electrons. The molecule has 0 saturated carbocycles. The molecule has 1 fully saturated rings. The van der Waals surface area contributed by atoms with Gasteiger partial charge in [0.2, 0.25) is 0 Å². The lowest BCUT2D eigenvalue weighted by atomic mass is 10.2. The SMILES string of the molecule is Nc1cc(C(=O)NCC2COCCO2)c(Br)cn1. The molecule has 0 aliphatic carbocycles. The van der Waals surface area contributed by atoms with Gasteiger partial charge in [-0.15, -0.1) is 0 Å². The molecule has 1 aromatic rings. The van der Waals surface area contributed by atoms with Crippen molar-refractivity contribution < 1.29 is 14.3 Å². The maximum Gasteiger partial charge on any atom is 0.252 e. The number of nitrogens with two attached hydrogens (primary N) is 1. The minimum absolute atomic E-state index is 0.0966. The molecule has 1 saturated heterocycles. The van der Waals surface area contributed by atoms with Crippen LogP contribution in [0, 0.1) is 0 Å². The van der Waals surface area contributed by atoms with E-state index in [9.17, 15) is 4.79 Å². The van der Waals surface area contributed by atoms with Gasteiger partial charge in [-0.05, 0) is 22.0 Å². The fourth-order valence-corrected chi connectivity index (χ4v) is 1.98. The highest BCUT2D eigenvalue weighted by atomic mass is 79.9. The number of carbonyl (C=O) groups is 1. The molecule has 1 aliphatic rings. The second kappa shape index (κ2) is 6.12. The van der Waals surface area contributed by atoms with Crippen molar-refractivity contribution in [3.63, 3.8) is 0 Å². The molecule has 0 spiro atoms. The molecule has 2 rings (SSSR count). The first-order valence-electron chi connectivity index (χ1n) is 5.55. The van der Waals surface area contributed by atoms with Crippen LogP contribution in [0.2, 0.25) is 0 Å². The topological polar surface area (TPSA) is 86.5 Å². The van der Waals surface area contributed by atoms with Gasteiger partial charge in [-0.25, -0.2) is 4.98 Å². The Hall–Kier alpha value is -1.18. The molecule has 6 nitrogen and oxygen atoms in total. The first-order chi connectivity index (χ1) is 8.66. The number of carbonyl (C=O) groups excluding carboxylic acids is 1. The zero-order valence-electron chi connectivity index (χ0n) is 9.69. The molecule has 0 bridgehead atoms. The number of halogens is 1. The second-order valence-corrected chi connectivity index (χ2v) is 4.72. The van der Waals surface area contributed by atoms with Crippen molar-refractivity contribution in [1.29, 1.82) is 0 Å². The lowest BCUT2D eigenvalue weighted by Crippen LogP contribution is -2.39. The molecule has 1 aromatic heterocycles. The molecular formula is C11H14BrN3O3. The molecule has 2 heterocycles. The van der Waals surface area contributed by atoms with Crippen LogP contribution in [0.15, 0.2) is 16.7 Å². The van der Waals surface area contributed by atoms with Gasteiger partial charge < -0.3 is 20.5 Å². The lowest BCUT2D eigenvalue weighted by Gasteiger charge is -2.23. The molecule has 7 heteroatoms. The van der Waals surface area contributed by atoms with E-state index in [-0.39, 0.29) is 12.0 Å². The Morgan fingerprint density at radius 2 is 2.44 bits per heavy atom. The van der Waals surface area contributed by atoms with E-state index < -0.39 is 0 Å². The van der Waals surface area contributed by atoms with Crippen LogP contribution in [-0.2, 0) is 9.47 Å². The zero-order chi connectivity index (χ0) is 13.0. The first kappa shape index (κ1) is 13.3. The second-order valence-electron chi connectivity index (χ2n) is 3.87. The zero-order valence-corrected chi connectivity index (χ0v) is 11.3. The Bertz CT molecular complexity index is 436. The van der Waals surface area contributed by atoms with E-state index in [4.69, 9.17) is 15.2 Å². The fraction of sp³-hybridized carbons (Fsp3) is 0.455. The number of amides is 1. The Labute approximate surface area is 113 Å². The van der Waals surface area contributed by atoms with Gasteiger partial charge in [-0.2, -0.15) is 0 Å². The minimum Gasteiger partial charge on any atom is -0.384 e. The molecule has 1 amide bonds. The monoisotopic (exact) mass is 315 g/mol. The quantitative estimate of drug-likeness (QED) is 0.851. The van der Waals surface area contributed by atoms with Gasteiger partial charge >= 0.3 is 0 Å². The molecule has 18 heavy (non-hydrogen) atoms. The Morgan fingerprint density at radius 3 is 3.17 bits per heavy atom. The summed E-state index contributed by atoms with van der Waals surface area (Å²) in [6.45, 7) is 2.08. The van der Waals surface area contributed by atoms with Crippen molar-refractivity contribution in [3.05, 3.63) is 22.3 Å². The summed E-state index contributed by atoms with van der Waals surface area (Å²) >= 11 is 3.26. The summed E-state index contributed by atoms with van der Waals surface area (Å²) in [6, 6.07) is 1.53. The first-order valence-corrected chi connectivity index (χ1v) is 6.34. The van der Waals surface area contributed by atoms with Crippen molar-refractivity contribution in [2.75, 3.05) is 32.1 Å². The van der Waals surface area contributed by atoms with Crippen molar-refractivity contribution in [2.24, 2.45) is 0 Å². The van der Waals surface area contributed by atoms with E-state index in [1.54, 1.807) is 0 Å². The number of hydrogen-bond donors (Lipinski definition) is 2. The van der Waals surface area contributed by atoms with E-state index in [0.717, 1.165) is 0 Å². The van der Waals surface area contributed by atoms with Crippen LogP contribution in [0.25, 0.3) is 0 Å². The van der Waals surface area contributed by atoms with Gasteiger partial charge in [-0.1, -0.05) is 0 Å². The molecule has 0 radical (unpaired) electrons. The summed E-state index contributed by atoms with van der Waals surface area (Å²) in [5, 5.41) is 2.78. The largest absolute Gasteiger partial charge is 0.384 e. The molecular weight excluding hydrogens is 302 g/mol. The predicted molar refractivity (Wildman–Crippen MR) is 69.2 cm³/mol. The number of aromatic nitrogens is 1. The molecule has 1 atom stereocenters. The highest BCUT2D eigenvalue weighted by Crippen LogP contribution is 2.17. The van der Waals surface area contributed by atoms with Gasteiger partial charge in [-0.3, -0.25) is 4.79 Å². The number of ether oxygens (including phenoxy) is 2. The number of pyridine rings is 1. The number of hydrogen-bond acceptors (Lipinski definition) is 5. The van der Waals surface area contributed by atoms with Crippen molar-refractivity contribution in [2.45, 2.75) is 6.10 Å². The summed E-state index contributed by atoms with van der Waals surface area (Å²) in [6.07, 6.45) is 1.41. The van der Waals surface area contributed by atoms with Gasteiger partial charge in [0.25, 0.3) is 5.91 Å². The standard InChI is InChI=1S/C11H14BrN3O3/c12-9-5-14-10(13)3-8(9)11(16)15-4-7-6-17-1-2-18-7/h3,5,7H,1-2,4,6H2,(H2,13,14)(H,15,16). The van der Waals surface area contributed by atoms with E-state index in [0.29, 0.717) is 42.2 Å². The van der Waals surface area contributed by atoms with Gasteiger partial charge in [0, 0.05) is 17.2 Å². The average Bonchev–Trinajstić information content (AvgIpc) is 2.40. The molecule has 1 aliphatic heterocycles. The van der Waals surface area contributed by atoms with Crippen LogP contribution in [-0.4, -0.2) is 43.4 Å². The summed E-state index contributed by atoms with van der Waals surface area (Å²) in [5.74, 6) is 0.0887. The summed E-state index contributed by atoms with van der Waals surface area (Å²) in [7, 11) is 0. The van der Waals surface area contributed by atoms with E-state index >= 15 is 0 Å². The minimum atomic E-state index is -0.217. The van der Waals surface area contributed by atoms with Crippen LogP contribution in [0.4, 0.5) is 5.82 Å². The Kier molecular flexibility index (Phi) is 4.51. The molecule has 1 unspecified atom stereocenters. The average molecular weight is 316 g/mol. The summed E-state index contributed by atoms with van der Waals surface area (Å²) in [5.41, 5.74) is 6.01. The third-order valence-corrected chi connectivity index (χ3v) is 3.13. The number of nitrogens with zero attached hydrogens (tertiary/aromatic N) is 1. The van der Waals surface area contributed by atoms with E-state index in [1.807, 2.05) is 0 Å². The maximum absolute atomic E-state index is 11.9. The highest BCUT2D eigenvalue weighted by molar-refractivity contribution is 9.10. The molecule has 3 N–H and O–H groups in total. The summed E-state index contributed by atoms with van der Waals surface area (Å²) < 4.78 is 11.3. The van der Waals surface area contributed by atoms with Gasteiger partial charge in [0.15, 0.2) is 0 Å².